The van der Waals surface area contributed by atoms with Crippen LogP contribution in [0.5, 0.6) is 0 Å². The van der Waals surface area contributed by atoms with Gasteiger partial charge in [0.2, 0.25) is 0 Å². The van der Waals surface area contributed by atoms with E-state index in [1.807, 2.05) is 0 Å². The highest BCUT2D eigenvalue weighted by Gasteiger charge is 2.43. The van der Waals surface area contributed by atoms with Crippen molar-refractivity contribution >= 4 is 0 Å². The Kier molecular flexibility index (Phi) is 2.75. The summed E-state index contributed by atoms with van der Waals surface area (Å²) in [6.45, 7) is 2.86. The SMILES string of the molecule is CN1CCCC2(CNC(C(F)F)C2)C1. The fraction of sp³-hybridized carbons (Fsp3) is 1.00. The van der Waals surface area contributed by atoms with Gasteiger partial charge in [0, 0.05) is 13.1 Å². The van der Waals surface area contributed by atoms with Crippen LogP contribution in [0.2, 0.25) is 0 Å². The summed E-state index contributed by atoms with van der Waals surface area (Å²) in [7, 11) is 2.08. The molecular formula is C10H18F2N2. The second-order valence-corrected chi connectivity index (χ2v) is 4.87. The third kappa shape index (κ3) is 1.91. The zero-order valence-electron chi connectivity index (χ0n) is 8.60. The highest BCUT2D eigenvalue weighted by atomic mass is 19.3. The predicted molar refractivity (Wildman–Crippen MR) is 51.6 cm³/mol. The van der Waals surface area contributed by atoms with Crippen LogP contribution in [-0.2, 0) is 0 Å². The molecule has 2 saturated heterocycles. The molecule has 0 saturated carbocycles. The lowest BCUT2D eigenvalue weighted by Gasteiger charge is -2.38. The number of hydrogen-bond acceptors (Lipinski definition) is 2. The van der Waals surface area contributed by atoms with Crippen LogP contribution in [0.4, 0.5) is 8.78 Å². The minimum atomic E-state index is -2.21. The van der Waals surface area contributed by atoms with Crippen LogP contribution in [0.3, 0.4) is 0 Å². The monoisotopic (exact) mass is 204 g/mol. The summed E-state index contributed by atoms with van der Waals surface area (Å²) in [5.74, 6) is 0. The summed E-state index contributed by atoms with van der Waals surface area (Å²) in [6, 6.07) is -0.568. The van der Waals surface area contributed by atoms with Crippen molar-refractivity contribution in [2.75, 3.05) is 26.7 Å². The molecule has 2 rings (SSSR count). The molecule has 0 aromatic heterocycles. The average Bonchev–Trinajstić information content (AvgIpc) is 2.49. The largest absolute Gasteiger partial charge is 0.308 e. The zero-order valence-corrected chi connectivity index (χ0v) is 8.60. The Hall–Kier alpha value is -0.220. The molecule has 0 radical (unpaired) electrons. The topological polar surface area (TPSA) is 15.3 Å². The van der Waals surface area contributed by atoms with E-state index in [1.54, 1.807) is 0 Å². The molecule has 2 aliphatic heterocycles. The lowest BCUT2D eigenvalue weighted by atomic mass is 9.78. The van der Waals surface area contributed by atoms with E-state index in [4.69, 9.17) is 0 Å². The summed E-state index contributed by atoms with van der Waals surface area (Å²) < 4.78 is 25.0. The van der Waals surface area contributed by atoms with Crippen LogP contribution in [0.1, 0.15) is 19.3 Å². The Labute approximate surface area is 83.7 Å². The number of nitrogens with zero attached hydrogens (tertiary/aromatic N) is 1. The fourth-order valence-corrected chi connectivity index (χ4v) is 2.90. The number of alkyl halides is 2. The van der Waals surface area contributed by atoms with Crippen LogP contribution in [0.25, 0.3) is 0 Å². The molecule has 0 aliphatic carbocycles. The molecule has 2 aliphatic rings. The van der Waals surface area contributed by atoms with E-state index in [0.717, 1.165) is 32.5 Å². The second kappa shape index (κ2) is 3.74. The molecule has 2 fully saturated rings. The van der Waals surface area contributed by atoms with E-state index in [1.165, 1.54) is 0 Å². The van der Waals surface area contributed by atoms with E-state index < -0.39 is 12.5 Å². The van der Waals surface area contributed by atoms with E-state index in [2.05, 4.69) is 17.3 Å². The lowest BCUT2D eigenvalue weighted by molar-refractivity contribution is 0.0851. The van der Waals surface area contributed by atoms with Crippen molar-refractivity contribution in [2.45, 2.75) is 31.7 Å². The van der Waals surface area contributed by atoms with Crippen molar-refractivity contribution in [3.63, 3.8) is 0 Å². The predicted octanol–water partition coefficient (Wildman–Crippen LogP) is 1.33. The van der Waals surface area contributed by atoms with Crippen LogP contribution < -0.4 is 5.32 Å². The van der Waals surface area contributed by atoms with Crippen LogP contribution in [-0.4, -0.2) is 44.0 Å². The van der Waals surface area contributed by atoms with Crippen molar-refractivity contribution in [1.29, 1.82) is 0 Å². The van der Waals surface area contributed by atoms with Crippen molar-refractivity contribution in [3.05, 3.63) is 0 Å². The maximum Gasteiger partial charge on any atom is 0.253 e. The minimum Gasteiger partial charge on any atom is -0.308 e. The third-order valence-electron chi connectivity index (χ3n) is 3.55. The molecule has 82 valence electrons. The van der Waals surface area contributed by atoms with E-state index in [-0.39, 0.29) is 5.41 Å². The smallest absolute Gasteiger partial charge is 0.253 e. The van der Waals surface area contributed by atoms with Gasteiger partial charge in [0.15, 0.2) is 0 Å². The number of likely N-dealkylation sites (tertiary alicyclic amines) is 1. The molecule has 1 N–H and O–H groups in total. The highest BCUT2D eigenvalue weighted by molar-refractivity contribution is 4.97. The first kappa shape index (κ1) is 10.3. The normalized spacial score (nSPS) is 39.9. The van der Waals surface area contributed by atoms with Gasteiger partial charge in [0.05, 0.1) is 6.04 Å². The molecule has 4 heteroatoms. The molecule has 2 nitrogen and oxygen atoms in total. The number of hydrogen-bond donors (Lipinski definition) is 1. The standard InChI is InChI=1S/C10H18F2N2/c1-14-4-2-3-10(7-14)5-8(9(11)12)13-6-10/h8-9,13H,2-7H2,1H3. The highest BCUT2D eigenvalue weighted by Crippen LogP contribution is 2.38. The molecule has 0 aromatic rings. The van der Waals surface area contributed by atoms with Crippen molar-refractivity contribution in [2.24, 2.45) is 5.41 Å². The molecule has 0 bridgehead atoms. The van der Waals surface area contributed by atoms with Crippen molar-refractivity contribution < 1.29 is 8.78 Å². The average molecular weight is 204 g/mol. The summed E-state index contributed by atoms with van der Waals surface area (Å²) >= 11 is 0. The summed E-state index contributed by atoms with van der Waals surface area (Å²) in [5, 5.41) is 2.96. The molecule has 2 unspecified atom stereocenters. The van der Waals surface area contributed by atoms with Gasteiger partial charge in [-0.25, -0.2) is 8.78 Å². The van der Waals surface area contributed by atoms with Gasteiger partial charge in [-0.05, 0) is 38.3 Å². The van der Waals surface area contributed by atoms with Gasteiger partial charge < -0.3 is 10.2 Å². The molecule has 2 atom stereocenters. The first-order valence-electron chi connectivity index (χ1n) is 5.31. The van der Waals surface area contributed by atoms with Gasteiger partial charge in [-0.1, -0.05) is 0 Å². The van der Waals surface area contributed by atoms with Crippen LogP contribution in [0, 0.1) is 5.41 Å². The zero-order chi connectivity index (χ0) is 10.2. The molecule has 2 heterocycles. The van der Waals surface area contributed by atoms with Crippen LogP contribution >= 0.6 is 0 Å². The fourth-order valence-electron chi connectivity index (χ4n) is 2.90. The van der Waals surface area contributed by atoms with E-state index >= 15 is 0 Å². The molecule has 0 aromatic carbocycles. The molecule has 0 amide bonds. The maximum atomic E-state index is 12.5. The summed E-state index contributed by atoms with van der Waals surface area (Å²) in [4.78, 5) is 2.26. The first-order valence-corrected chi connectivity index (χ1v) is 5.31. The van der Waals surface area contributed by atoms with Crippen molar-refractivity contribution in [3.8, 4) is 0 Å². The number of piperidine rings is 1. The first-order chi connectivity index (χ1) is 6.61. The lowest BCUT2D eigenvalue weighted by Crippen LogP contribution is -2.42. The van der Waals surface area contributed by atoms with Crippen LogP contribution in [0.15, 0.2) is 0 Å². The Balaban J connectivity index is 1.97. The Morgan fingerprint density at radius 1 is 1.50 bits per heavy atom. The third-order valence-corrected chi connectivity index (χ3v) is 3.55. The van der Waals surface area contributed by atoms with E-state index in [0.29, 0.717) is 6.42 Å². The second-order valence-electron chi connectivity index (χ2n) is 4.87. The maximum absolute atomic E-state index is 12.5. The minimum absolute atomic E-state index is 0.133. The van der Waals surface area contributed by atoms with Gasteiger partial charge in [-0.15, -0.1) is 0 Å². The van der Waals surface area contributed by atoms with Gasteiger partial charge in [0.1, 0.15) is 0 Å². The van der Waals surface area contributed by atoms with Crippen molar-refractivity contribution in [1.82, 2.24) is 10.2 Å². The summed E-state index contributed by atoms with van der Waals surface area (Å²) in [5.41, 5.74) is 0.133. The Bertz CT molecular complexity index is 210. The number of rotatable bonds is 1. The Morgan fingerprint density at radius 3 is 2.86 bits per heavy atom. The van der Waals surface area contributed by atoms with Gasteiger partial charge in [0.25, 0.3) is 6.43 Å². The summed E-state index contributed by atoms with van der Waals surface area (Å²) in [6.07, 6.45) is 0.693. The quantitative estimate of drug-likeness (QED) is 0.693. The molecular weight excluding hydrogens is 186 g/mol. The van der Waals surface area contributed by atoms with E-state index in [9.17, 15) is 8.78 Å². The Morgan fingerprint density at radius 2 is 2.29 bits per heavy atom. The number of halogens is 2. The van der Waals surface area contributed by atoms with Gasteiger partial charge >= 0.3 is 0 Å². The van der Waals surface area contributed by atoms with Gasteiger partial charge in [-0.3, -0.25) is 0 Å². The van der Waals surface area contributed by atoms with Gasteiger partial charge in [-0.2, -0.15) is 0 Å². The molecule has 14 heavy (non-hydrogen) atoms. The molecule has 1 spiro atoms. The number of nitrogens with one attached hydrogen (secondary N) is 1.